The fourth-order valence-corrected chi connectivity index (χ4v) is 9.58. The maximum absolute atomic E-state index is 3.95. The van der Waals surface area contributed by atoms with Crippen LogP contribution in [0.4, 0.5) is 0 Å². The van der Waals surface area contributed by atoms with Crippen molar-refractivity contribution in [2.45, 2.75) is 157 Å². The Morgan fingerprint density at radius 1 is 0.534 bits per heavy atom. The van der Waals surface area contributed by atoms with Crippen LogP contribution in [0.15, 0.2) is 108 Å². The molecule has 58 heavy (non-hydrogen) atoms. The van der Waals surface area contributed by atoms with Gasteiger partial charge in [-0.3, -0.25) is 6.08 Å². The molecule has 0 amide bonds. The van der Waals surface area contributed by atoms with Crippen LogP contribution in [0.25, 0.3) is 21.5 Å². The first-order valence-corrected chi connectivity index (χ1v) is 21.2. The van der Waals surface area contributed by atoms with Gasteiger partial charge in [0, 0.05) is 5.41 Å². The van der Waals surface area contributed by atoms with E-state index in [1.165, 1.54) is 79.8 Å². The van der Waals surface area contributed by atoms with Gasteiger partial charge in [-0.05, 0) is 32.8 Å². The summed E-state index contributed by atoms with van der Waals surface area (Å²) >= 11 is 0. The quantitative estimate of drug-likeness (QED) is 0.154. The Morgan fingerprint density at radius 2 is 0.897 bits per heavy atom. The molecular formula is C55H70Cl2Zr. The number of hydrogen-bond donors (Lipinski definition) is 0. The fourth-order valence-electron chi connectivity index (χ4n) is 9.58. The van der Waals surface area contributed by atoms with Crippen molar-refractivity contribution >= 4 is 21.5 Å². The van der Waals surface area contributed by atoms with Gasteiger partial charge in [0.2, 0.25) is 0 Å². The Kier molecular flexibility index (Phi) is 15.2. The van der Waals surface area contributed by atoms with Crippen molar-refractivity contribution < 1.29 is 51.0 Å². The molecule has 0 fully saturated rings. The average Bonchev–Trinajstić information content (AvgIpc) is 3.75. The van der Waals surface area contributed by atoms with E-state index in [9.17, 15) is 0 Å². The Morgan fingerprint density at radius 3 is 1.22 bits per heavy atom. The van der Waals surface area contributed by atoms with E-state index < -0.39 is 0 Å². The minimum absolute atomic E-state index is 0. The summed E-state index contributed by atoms with van der Waals surface area (Å²) in [5.41, 5.74) is 13.9. The Balaban J connectivity index is 0.000000296. The van der Waals surface area contributed by atoms with E-state index in [1.54, 1.807) is 11.1 Å². The van der Waals surface area contributed by atoms with Gasteiger partial charge in [0.25, 0.3) is 0 Å². The van der Waals surface area contributed by atoms with E-state index in [4.69, 9.17) is 0 Å². The third-order valence-corrected chi connectivity index (χ3v) is 12.2. The van der Waals surface area contributed by atoms with Crippen LogP contribution in [0.2, 0.25) is 0 Å². The van der Waals surface area contributed by atoms with Gasteiger partial charge < -0.3 is 24.8 Å². The van der Waals surface area contributed by atoms with Crippen LogP contribution >= 0.6 is 0 Å². The number of halogens is 2. The van der Waals surface area contributed by atoms with Gasteiger partial charge in [0.15, 0.2) is 0 Å². The van der Waals surface area contributed by atoms with Crippen LogP contribution in [0.3, 0.4) is 0 Å². The second kappa shape index (κ2) is 17.6. The summed E-state index contributed by atoms with van der Waals surface area (Å²) in [6, 6.07) is 34.5. The van der Waals surface area contributed by atoms with E-state index in [0.717, 1.165) is 0 Å². The number of benzene rings is 4. The van der Waals surface area contributed by atoms with Crippen LogP contribution in [-0.2, 0) is 53.3 Å². The first-order chi connectivity index (χ1) is 25.4. The fraction of sp³-hybridized carbons (Fsp3) is 0.473. The van der Waals surface area contributed by atoms with Crippen molar-refractivity contribution in [1.82, 2.24) is 0 Å². The molecule has 3 aliphatic carbocycles. The second-order valence-electron chi connectivity index (χ2n) is 21.8. The Labute approximate surface area is 385 Å². The molecular weight excluding hydrogens is 823 g/mol. The third kappa shape index (κ3) is 9.14. The summed E-state index contributed by atoms with van der Waals surface area (Å²) in [6.45, 7) is 37.4. The summed E-state index contributed by atoms with van der Waals surface area (Å²) in [5, 5.41) is 5.57. The van der Waals surface area contributed by atoms with Crippen molar-refractivity contribution in [3.05, 3.63) is 147 Å². The van der Waals surface area contributed by atoms with E-state index in [0.29, 0.717) is 5.92 Å². The zero-order chi connectivity index (χ0) is 40.5. The summed E-state index contributed by atoms with van der Waals surface area (Å²) in [5.74, 6) is 0.472. The van der Waals surface area contributed by atoms with Crippen molar-refractivity contribution in [2.24, 2.45) is 11.3 Å². The van der Waals surface area contributed by atoms with Gasteiger partial charge in [-0.25, -0.2) is 5.57 Å². The molecule has 3 heteroatoms. The minimum Gasteiger partial charge on any atom is -1.00 e. The van der Waals surface area contributed by atoms with Crippen LogP contribution in [0, 0.1) is 17.4 Å². The molecule has 5 aromatic carbocycles. The topological polar surface area (TPSA) is 0 Å². The number of unbranched alkanes of at least 4 members (excludes halogenated alkanes) is 1. The first kappa shape index (κ1) is 50.1. The summed E-state index contributed by atoms with van der Waals surface area (Å²) in [6.07, 6.45) is 7.68. The predicted molar refractivity (Wildman–Crippen MR) is 242 cm³/mol. The van der Waals surface area contributed by atoms with Gasteiger partial charge in [0.05, 0.1) is 0 Å². The van der Waals surface area contributed by atoms with Crippen molar-refractivity contribution in [3.63, 3.8) is 0 Å². The van der Waals surface area contributed by atoms with Gasteiger partial charge in [-0.1, -0.05) is 236 Å². The molecule has 1 unspecified atom stereocenters. The molecule has 0 aromatic heterocycles. The molecule has 8 rings (SSSR count). The maximum atomic E-state index is 3.95. The van der Waals surface area contributed by atoms with Crippen LogP contribution < -0.4 is 24.8 Å². The minimum atomic E-state index is -0.0798. The van der Waals surface area contributed by atoms with Gasteiger partial charge >= 0.3 is 26.2 Å². The van der Waals surface area contributed by atoms with Gasteiger partial charge in [-0.2, -0.15) is 5.57 Å². The largest absolute Gasteiger partial charge is 4.00 e. The molecule has 0 nitrogen and oxygen atoms in total. The molecule has 308 valence electrons. The van der Waals surface area contributed by atoms with E-state index in [2.05, 4.69) is 208 Å². The Hall–Kier alpha value is -2.31. The van der Waals surface area contributed by atoms with Crippen LogP contribution in [0.1, 0.15) is 163 Å². The number of allylic oxidation sites excluding steroid dienone is 4. The van der Waals surface area contributed by atoms with Gasteiger partial charge in [-0.15, -0.1) is 45.3 Å². The SMILES string of the molecule is CC(C)(C)c1cc2[cH-]c3cc(C(C)(C)C)c(C(C)(C)C)cc3c2cc1C(C)(C)C.CCCCC1[C-]=C2C(C(C)(C)C)=C1C2(c1ccccc1)c1ccccc1.[Cl-].[Cl-].[Zr+4]. The summed E-state index contributed by atoms with van der Waals surface area (Å²) in [7, 11) is 0. The summed E-state index contributed by atoms with van der Waals surface area (Å²) in [4.78, 5) is 0. The van der Waals surface area contributed by atoms with Crippen LogP contribution in [-0.4, -0.2) is 0 Å². The van der Waals surface area contributed by atoms with E-state index >= 15 is 0 Å². The molecule has 0 saturated heterocycles. The molecule has 0 saturated carbocycles. The molecule has 0 radical (unpaired) electrons. The molecule has 0 spiro atoms. The number of hydrogen-bond acceptors (Lipinski definition) is 0. The van der Waals surface area contributed by atoms with Gasteiger partial charge in [0.1, 0.15) is 0 Å². The maximum Gasteiger partial charge on any atom is 4.00 e. The standard InChI is InChI=1S/C29H41.C26H29.2ClH.Zr/c1-26(2,3)22-14-18-13-19-15-23(27(4,5)6)25(29(10,11)12)17-21(19)20(18)16-24(22)28(7,8)9;1-5-6-13-19-18-22-24(25(2,3)4)23(19)26(22,20-14-9-7-10-15-20)21-16-11-8-12-17-21;;;/h13-17H,1-12H3;7-12,14-17,19H,5-6,13H2,1-4H3;2*1H;/q2*-1;;;+4/p-2. The van der Waals surface area contributed by atoms with Crippen molar-refractivity contribution in [2.75, 3.05) is 0 Å². The number of fused-ring (bicyclic) bond motifs is 4. The van der Waals surface area contributed by atoms with E-state index in [-0.39, 0.29) is 83.5 Å². The number of rotatable bonds is 5. The molecule has 0 heterocycles. The monoisotopic (exact) mass is 890 g/mol. The smallest absolute Gasteiger partial charge is 1.00 e. The van der Waals surface area contributed by atoms with Crippen molar-refractivity contribution in [1.29, 1.82) is 0 Å². The molecule has 3 aliphatic rings. The average molecular weight is 893 g/mol. The predicted octanol–water partition coefficient (Wildman–Crippen LogP) is 9.79. The van der Waals surface area contributed by atoms with E-state index in [1.807, 2.05) is 0 Å². The first-order valence-electron chi connectivity index (χ1n) is 21.2. The Bertz CT molecular complexity index is 2120. The molecule has 0 aliphatic heterocycles. The third-order valence-electron chi connectivity index (χ3n) is 12.2. The molecule has 1 atom stereocenters. The molecule has 0 N–H and O–H groups in total. The molecule has 2 bridgehead atoms. The normalized spacial score (nSPS) is 16.4. The second-order valence-corrected chi connectivity index (χ2v) is 21.8. The summed E-state index contributed by atoms with van der Waals surface area (Å²) < 4.78 is 0. The van der Waals surface area contributed by atoms with Crippen LogP contribution in [0.5, 0.6) is 0 Å². The zero-order valence-corrected chi connectivity index (χ0v) is 42.6. The van der Waals surface area contributed by atoms with Crippen molar-refractivity contribution in [3.8, 4) is 0 Å². The molecule has 5 aromatic rings. The zero-order valence-electron chi connectivity index (χ0n) is 38.6.